The second-order valence-corrected chi connectivity index (χ2v) is 9.01. The Kier molecular flexibility index (Phi) is 7.90. The molecule has 3 amide bonds. The SMILES string of the molecule is O=C(CN1CCN(C(=O)Cc2ccc(F)cc2)CC1)Nc1ccccc1C(=O)NC1CCCC1. The number of hydrogen-bond acceptors (Lipinski definition) is 4. The number of anilines is 1. The summed E-state index contributed by atoms with van der Waals surface area (Å²) in [6, 6.07) is 13.2. The van der Waals surface area contributed by atoms with Crippen molar-refractivity contribution in [1.29, 1.82) is 0 Å². The third-order valence-electron chi connectivity index (χ3n) is 6.50. The minimum absolute atomic E-state index is 0.00193. The predicted molar refractivity (Wildman–Crippen MR) is 128 cm³/mol. The Balaban J connectivity index is 1.25. The van der Waals surface area contributed by atoms with Crippen molar-refractivity contribution in [2.45, 2.75) is 38.1 Å². The van der Waals surface area contributed by atoms with Gasteiger partial charge in [-0.25, -0.2) is 4.39 Å². The number of halogens is 1. The summed E-state index contributed by atoms with van der Waals surface area (Å²) >= 11 is 0. The van der Waals surface area contributed by atoms with E-state index in [1.807, 2.05) is 4.90 Å². The van der Waals surface area contributed by atoms with Crippen LogP contribution in [0.5, 0.6) is 0 Å². The van der Waals surface area contributed by atoms with Crippen molar-refractivity contribution in [1.82, 2.24) is 15.1 Å². The number of para-hydroxylation sites is 1. The molecule has 7 nitrogen and oxygen atoms in total. The molecule has 8 heteroatoms. The highest BCUT2D eigenvalue weighted by atomic mass is 19.1. The molecule has 1 saturated heterocycles. The van der Waals surface area contributed by atoms with Crippen molar-refractivity contribution in [2.24, 2.45) is 0 Å². The van der Waals surface area contributed by atoms with E-state index < -0.39 is 0 Å². The van der Waals surface area contributed by atoms with Crippen LogP contribution in [0.4, 0.5) is 10.1 Å². The highest BCUT2D eigenvalue weighted by molar-refractivity contribution is 6.04. The largest absolute Gasteiger partial charge is 0.349 e. The van der Waals surface area contributed by atoms with E-state index in [-0.39, 0.29) is 42.5 Å². The number of carbonyl (C=O) groups excluding carboxylic acids is 3. The van der Waals surface area contributed by atoms with Crippen LogP contribution in [0.3, 0.4) is 0 Å². The minimum Gasteiger partial charge on any atom is -0.349 e. The van der Waals surface area contributed by atoms with Crippen LogP contribution in [0.2, 0.25) is 0 Å². The van der Waals surface area contributed by atoms with Gasteiger partial charge in [-0.15, -0.1) is 0 Å². The monoisotopic (exact) mass is 466 g/mol. The van der Waals surface area contributed by atoms with Gasteiger partial charge in [0.15, 0.2) is 0 Å². The lowest BCUT2D eigenvalue weighted by molar-refractivity contribution is -0.132. The molecule has 0 radical (unpaired) electrons. The van der Waals surface area contributed by atoms with Gasteiger partial charge in [0, 0.05) is 32.2 Å². The maximum Gasteiger partial charge on any atom is 0.253 e. The van der Waals surface area contributed by atoms with Crippen molar-refractivity contribution in [3.8, 4) is 0 Å². The Bertz CT molecular complexity index is 1010. The Morgan fingerprint density at radius 1 is 0.912 bits per heavy atom. The quantitative estimate of drug-likeness (QED) is 0.658. The fourth-order valence-electron chi connectivity index (χ4n) is 4.56. The van der Waals surface area contributed by atoms with Crippen LogP contribution < -0.4 is 10.6 Å². The van der Waals surface area contributed by atoms with E-state index >= 15 is 0 Å². The van der Waals surface area contributed by atoms with Crippen LogP contribution in [0.15, 0.2) is 48.5 Å². The Labute approximate surface area is 199 Å². The maximum absolute atomic E-state index is 13.1. The summed E-state index contributed by atoms with van der Waals surface area (Å²) < 4.78 is 13.1. The molecule has 0 aromatic heterocycles. The van der Waals surface area contributed by atoms with Gasteiger partial charge in [0.1, 0.15) is 5.82 Å². The molecule has 1 aliphatic carbocycles. The summed E-state index contributed by atoms with van der Waals surface area (Å²) in [5, 5.41) is 5.95. The van der Waals surface area contributed by atoms with Crippen LogP contribution in [0.1, 0.15) is 41.6 Å². The number of amides is 3. The van der Waals surface area contributed by atoms with E-state index in [9.17, 15) is 18.8 Å². The van der Waals surface area contributed by atoms with E-state index in [0.717, 1.165) is 31.2 Å². The van der Waals surface area contributed by atoms with Crippen molar-refractivity contribution < 1.29 is 18.8 Å². The van der Waals surface area contributed by atoms with Gasteiger partial charge in [0.25, 0.3) is 5.91 Å². The van der Waals surface area contributed by atoms with Gasteiger partial charge >= 0.3 is 0 Å². The van der Waals surface area contributed by atoms with Crippen LogP contribution >= 0.6 is 0 Å². The van der Waals surface area contributed by atoms with Gasteiger partial charge < -0.3 is 15.5 Å². The zero-order chi connectivity index (χ0) is 23.9. The van der Waals surface area contributed by atoms with Gasteiger partial charge in [-0.2, -0.15) is 0 Å². The number of rotatable bonds is 7. The molecule has 2 N–H and O–H groups in total. The Morgan fingerprint density at radius 2 is 1.59 bits per heavy atom. The second-order valence-electron chi connectivity index (χ2n) is 9.01. The average Bonchev–Trinajstić information content (AvgIpc) is 3.34. The summed E-state index contributed by atoms with van der Waals surface area (Å²) in [5.41, 5.74) is 1.76. The zero-order valence-corrected chi connectivity index (χ0v) is 19.3. The third kappa shape index (κ3) is 6.41. The summed E-state index contributed by atoms with van der Waals surface area (Å²) in [6.07, 6.45) is 4.50. The summed E-state index contributed by atoms with van der Waals surface area (Å²) in [5.74, 6) is -0.665. The van der Waals surface area contributed by atoms with Crippen LogP contribution in [0.25, 0.3) is 0 Å². The van der Waals surface area contributed by atoms with E-state index in [2.05, 4.69) is 10.6 Å². The first-order valence-electron chi connectivity index (χ1n) is 11.9. The number of benzene rings is 2. The number of carbonyl (C=O) groups is 3. The van der Waals surface area contributed by atoms with Gasteiger partial charge in [-0.05, 0) is 42.7 Å². The molecule has 0 spiro atoms. The molecule has 2 fully saturated rings. The molecule has 2 aromatic rings. The Morgan fingerprint density at radius 3 is 2.29 bits per heavy atom. The van der Waals surface area contributed by atoms with Crippen LogP contribution in [-0.4, -0.2) is 66.3 Å². The Hall–Kier alpha value is -3.26. The first kappa shape index (κ1) is 23.9. The molecule has 0 atom stereocenters. The van der Waals surface area contributed by atoms with E-state index in [0.29, 0.717) is 37.4 Å². The molecule has 180 valence electrons. The van der Waals surface area contributed by atoms with Gasteiger partial charge in [0.2, 0.25) is 11.8 Å². The van der Waals surface area contributed by atoms with Crippen molar-refractivity contribution >= 4 is 23.4 Å². The predicted octanol–water partition coefficient (Wildman–Crippen LogP) is 2.82. The highest BCUT2D eigenvalue weighted by Gasteiger charge is 2.24. The molecule has 0 bridgehead atoms. The molecule has 2 aromatic carbocycles. The number of piperazine rings is 1. The summed E-state index contributed by atoms with van der Waals surface area (Å²) in [6.45, 7) is 2.44. The molecule has 1 heterocycles. The van der Waals surface area contributed by atoms with Crippen LogP contribution in [0, 0.1) is 5.82 Å². The maximum atomic E-state index is 13.1. The van der Waals surface area contributed by atoms with E-state index in [1.54, 1.807) is 41.3 Å². The molecular formula is C26H31FN4O3. The fourth-order valence-corrected chi connectivity index (χ4v) is 4.56. The lowest BCUT2D eigenvalue weighted by atomic mass is 10.1. The molecule has 0 unspecified atom stereocenters. The lowest BCUT2D eigenvalue weighted by Crippen LogP contribution is -2.50. The van der Waals surface area contributed by atoms with E-state index in [1.165, 1.54) is 12.1 Å². The van der Waals surface area contributed by atoms with Crippen molar-refractivity contribution in [3.63, 3.8) is 0 Å². The topological polar surface area (TPSA) is 81.8 Å². The lowest BCUT2D eigenvalue weighted by Gasteiger charge is -2.34. The molecule has 1 aliphatic heterocycles. The van der Waals surface area contributed by atoms with Crippen LogP contribution in [-0.2, 0) is 16.0 Å². The average molecular weight is 467 g/mol. The molecular weight excluding hydrogens is 435 g/mol. The number of nitrogens with zero attached hydrogens (tertiary/aromatic N) is 2. The zero-order valence-electron chi connectivity index (χ0n) is 19.3. The first-order chi connectivity index (χ1) is 16.5. The second kappa shape index (κ2) is 11.2. The van der Waals surface area contributed by atoms with Crippen molar-refractivity contribution in [3.05, 3.63) is 65.5 Å². The highest BCUT2D eigenvalue weighted by Crippen LogP contribution is 2.20. The van der Waals surface area contributed by atoms with Gasteiger partial charge in [0.05, 0.1) is 24.2 Å². The summed E-state index contributed by atoms with van der Waals surface area (Å²) in [4.78, 5) is 41.7. The number of nitrogens with one attached hydrogen (secondary N) is 2. The number of hydrogen-bond donors (Lipinski definition) is 2. The van der Waals surface area contributed by atoms with Gasteiger partial charge in [-0.1, -0.05) is 37.1 Å². The van der Waals surface area contributed by atoms with E-state index in [4.69, 9.17) is 0 Å². The van der Waals surface area contributed by atoms with Crippen molar-refractivity contribution in [2.75, 3.05) is 38.0 Å². The molecule has 4 rings (SSSR count). The smallest absolute Gasteiger partial charge is 0.253 e. The standard InChI is InChI=1S/C26H31FN4O3/c27-20-11-9-19(10-12-20)17-25(33)31-15-13-30(14-16-31)18-24(32)29-23-8-4-3-7-22(23)26(34)28-21-5-1-2-6-21/h3-4,7-12,21H,1-2,5-6,13-18H2,(H,28,34)(H,29,32). The molecule has 2 aliphatic rings. The molecule has 34 heavy (non-hydrogen) atoms. The normalized spacial score (nSPS) is 16.9. The first-order valence-corrected chi connectivity index (χ1v) is 11.9. The minimum atomic E-state index is -0.319. The third-order valence-corrected chi connectivity index (χ3v) is 6.50. The summed E-state index contributed by atoms with van der Waals surface area (Å²) in [7, 11) is 0. The van der Waals surface area contributed by atoms with Gasteiger partial charge in [-0.3, -0.25) is 19.3 Å². The fraction of sp³-hybridized carbons (Fsp3) is 0.423. The molecule has 1 saturated carbocycles.